The number of esters is 1. The lowest BCUT2D eigenvalue weighted by Crippen LogP contribution is -2.58. The van der Waals surface area contributed by atoms with Gasteiger partial charge < -0.3 is 9.84 Å². The van der Waals surface area contributed by atoms with E-state index in [1.54, 1.807) is 0 Å². The van der Waals surface area contributed by atoms with Gasteiger partial charge in [0.15, 0.2) is 10.8 Å². The maximum absolute atomic E-state index is 13.2. The van der Waals surface area contributed by atoms with Crippen LogP contribution in [0.4, 0.5) is 92.2 Å². The largest absolute Gasteiger partial charge is 0.465 e. The van der Waals surface area contributed by atoms with E-state index in [4.69, 9.17) is 5.11 Å². The summed E-state index contributed by atoms with van der Waals surface area (Å²) in [5.41, 5.74) is -19.9. The van der Waals surface area contributed by atoms with Gasteiger partial charge in [0.05, 0.1) is 7.11 Å². The molecular weight excluding hydrogens is 831 g/mol. The topological polar surface area (TPSA) is 46.5 Å². The lowest BCUT2D eigenvalue weighted by Gasteiger charge is -2.38. The zero-order valence-corrected chi connectivity index (χ0v) is 28.7. The minimum absolute atomic E-state index is 0.0915. The number of hydrogen-bond acceptors (Lipinski definition) is 3. The van der Waals surface area contributed by atoms with Crippen LogP contribution in [0.5, 0.6) is 0 Å². The van der Waals surface area contributed by atoms with Gasteiger partial charge in [-0.05, 0) is 74.0 Å². The number of rotatable bonds is 6. The van der Waals surface area contributed by atoms with Crippen LogP contribution in [-0.4, -0.2) is 67.0 Å². The molecule has 0 aromatic heterocycles. The molecule has 2 fully saturated rings. The van der Waals surface area contributed by atoms with Gasteiger partial charge in [-0.25, -0.2) is 4.79 Å². The Hall–Kier alpha value is -3.34. The molecule has 1 aromatic rings. The van der Waals surface area contributed by atoms with Gasteiger partial charge >= 0.3 is 49.2 Å². The second-order valence-corrected chi connectivity index (χ2v) is 13.3. The second kappa shape index (κ2) is 16.1. The molecule has 0 saturated heterocycles. The molecule has 3 atom stereocenters. The van der Waals surface area contributed by atoms with Gasteiger partial charge in [0, 0.05) is 0 Å². The molecule has 0 spiro atoms. The van der Waals surface area contributed by atoms with Crippen LogP contribution in [0.1, 0.15) is 62.6 Å². The summed E-state index contributed by atoms with van der Waals surface area (Å²) in [4.78, 5) is 10.1. The van der Waals surface area contributed by atoms with Crippen LogP contribution in [0, 0.1) is 17.8 Å². The Kier molecular flexibility index (Phi) is 14.6. The van der Waals surface area contributed by atoms with Crippen LogP contribution >= 0.6 is 0 Å². The molecule has 2 aliphatic carbocycles. The fourth-order valence-electron chi connectivity index (χ4n) is 5.96. The Labute approximate surface area is 303 Å². The molecule has 1 aromatic carbocycles. The summed E-state index contributed by atoms with van der Waals surface area (Å²) in [5, 5.41) is 9.12. The van der Waals surface area contributed by atoms with E-state index in [0.717, 1.165) is 13.5 Å². The van der Waals surface area contributed by atoms with E-state index < -0.39 is 100 Å². The number of ether oxygens (including phenoxy) is 1. The van der Waals surface area contributed by atoms with Crippen molar-refractivity contribution in [2.24, 2.45) is 17.8 Å². The van der Waals surface area contributed by atoms with Crippen LogP contribution in [-0.2, 0) is 20.4 Å². The first-order chi connectivity index (χ1) is 24.6. The third-order valence-electron chi connectivity index (χ3n) is 9.77. The Bertz CT molecular complexity index is 1440. The van der Waals surface area contributed by atoms with Gasteiger partial charge in [0.1, 0.15) is 5.57 Å². The average Bonchev–Trinajstić information content (AvgIpc) is 3.63. The molecule has 56 heavy (non-hydrogen) atoms. The van der Waals surface area contributed by atoms with Gasteiger partial charge in [-0.1, -0.05) is 43.9 Å². The first-order valence-corrected chi connectivity index (χ1v) is 15.3. The summed E-state index contributed by atoms with van der Waals surface area (Å²) < 4.78 is 272. The highest BCUT2D eigenvalue weighted by Gasteiger charge is 2.72. The van der Waals surface area contributed by atoms with Crippen molar-refractivity contribution in [3.05, 3.63) is 53.6 Å². The standard InChI is InChI=1S/C16H12F12.C11H14F6O.C5H5F3O2/c1-4-8-5-9(11(2,13(17,18)19)14(20,21)22)7-10(6-8)12(3,15(23,24)25)16(26,27)28;12-10(13,14)9(18,11(15,16)17)5-8-4-6-1-2-7(8)3-6;1-3(4(9)10-2)5(6,7)8/h4-7H,1H2,2-3H3;6-8,18H,1-5H2;1H2,2H3. The first kappa shape index (κ1) is 50.7. The Morgan fingerprint density at radius 3 is 1.27 bits per heavy atom. The molecule has 3 unspecified atom stereocenters. The number of fused-ring (bicyclic) bond motifs is 2. The Morgan fingerprint density at radius 2 is 1.05 bits per heavy atom. The monoisotopic (exact) mass is 862 g/mol. The van der Waals surface area contributed by atoms with Crippen LogP contribution in [0.3, 0.4) is 0 Å². The summed E-state index contributed by atoms with van der Waals surface area (Å²) in [6.07, 6.45) is -38.3. The number of hydrogen-bond donors (Lipinski definition) is 1. The minimum atomic E-state index is -6.06. The molecule has 1 N–H and O–H groups in total. The SMILES string of the molecule is C=C(C(=O)OC)C(F)(F)F.C=Cc1cc(C(C)(C(F)(F)F)C(F)(F)F)cc(C(C)(C(F)(F)F)C(F)(F)F)c1.OC(CC1CC2CCC1C2)(C(F)(F)F)C(F)(F)F. The number of methoxy groups -OCH3 is 1. The van der Waals surface area contributed by atoms with E-state index in [0.29, 0.717) is 25.3 Å². The van der Waals surface area contributed by atoms with E-state index >= 15 is 0 Å². The highest BCUT2D eigenvalue weighted by molar-refractivity contribution is 5.88. The highest BCUT2D eigenvalue weighted by atomic mass is 19.4. The van der Waals surface area contributed by atoms with Gasteiger partial charge in [0.2, 0.25) is 0 Å². The lowest BCUT2D eigenvalue weighted by molar-refractivity contribution is -0.373. The molecule has 324 valence electrons. The van der Waals surface area contributed by atoms with Gasteiger partial charge in [-0.2, -0.15) is 92.2 Å². The number of carbonyl (C=O) groups excluding carboxylic acids is 1. The van der Waals surface area contributed by atoms with Crippen molar-refractivity contribution >= 4 is 12.0 Å². The number of halogens is 21. The number of aliphatic hydroxyl groups is 1. The van der Waals surface area contributed by atoms with Crippen molar-refractivity contribution in [2.45, 2.75) is 106 Å². The molecule has 24 heteroatoms. The van der Waals surface area contributed by atoms with Crippen LogP contribution in [0.15, 0.2) is 36.9 Å². The normalized spacial score (nSPS) is 20.1. The molecule has 2 aliphatic rings. The van der Waals surface area contributed by atoms with E-state index in [1.165, 1.54) is 0 Å². The predicted octanol–water partition coefficient (Wildman–Crippen LogP) is 12.0. The Balaban J connectivity index is 0.000000475. The molecule has 0 heterocycles. The van der Waals surface area contributed by atoms with E-state index in [2.05, 4.69) is 17.9 Å². The molecule has 0 radical (unpaired) electrons. The van der Waals surface area contributed by atoms with Crippen molar-refractivity contribution in [3.8, 4) is 0 Å². The molecule has 3 nitrogen and oxygen atoms in total. The van der Waals surface area contributed by atoms with Gasteiger partial charge in [-0.15, -0.1) is 0 Å². The van der Waals surface area contributed by atoms with Crippen molar-refractivity contribution in [1.29, 1.82) is 0 Å². The lowest BCUT2D eigenvalue weighted by atomic mass is 9.74. The number of carbonyl (C=O) groups is 1. The van der Waals surface area contributed by atoms with Gasteiger partial charge in [-0.3, -0.25) is 0 Å². The van der Waals surface area contributed by atoms with Crippen LogP contribution in [0.2, 0.25) is 0 Å². The first-order valence-electron chi connectivity index (χ1n) is 15.3. The van der Waals surface area contributed by atoms with Crippen LogP contribution < -0.4 is 0 Å². The summed E-state index contributed by atoms with van der Waals surface area (Å²) in [5.74, 6) is -1.97. The fourth-order valence-corrected chi connectivity index (χ4v) is 5.96. The summed E-state index contributed by atoms with van der Waals surface area (Å²) in [6.45, 7) is 4.77. The molecule has 2 saturated carbocycles. The summed E-state index contributed by atoms with van der Waals surface area (Å²) in [7, 11) is 0.860. The van der Waals surface area contributed by atoms with Gasteiger partial charge in [0.25, 0.3) is 5.60 Å². The van der Waals surface area contributed by atoms with E-state index in [-0.39, 0.29) is 43.9 Å². The van der Waals surface area contributed by atoms with E-state index in [9.17, 15) is 97.0 Å². The molecule has 0 aliphatic heterocycles. The average molecular weight is 863 g/mol. The second-order valence-electron chi connectivity index (χ2n) is 13.3. The van der Waals surface area contributed by atoms with Crippen molar-refractivity contribution in [1.82, 2.24) is 0 Å². The van der Waals surface area contributed by atoms with Crippen molar-refractivity contribution in [2.75, 3.05) is 7.11 Å². The molecule has 3 rings (SSSR count). The summed E-state index contributed by atoms with van der Waals surface area (Å²) >= 11 is 0. The maximum Gasteiger partial charge on any atom is 0.426 e. The number of benzene rings is 1. The maximum atomic E-state index is 13.2. The van der Waals surface area contributed by atoms with Crippen molar-refractivity contribution in [3.63, 3.8) is 0 Å². The van der Waals surface area contributed by atoms with Crippen LogP contribution in [0.25, 0.3) is 6.08 Å². The quantitative estimate of drug-likeness (QED) is 0.176. The smallest absolute Gasteiger partial charge is 0.426 e. The molecule has 2 bridgehead atoms. The molecular formula is C32H31F21O3. The highest BCUT2D eigenvalue weighted by Crippen LogP contribution is 2.57. The minimum Gasteiger partial charge on any atom is -0.465 e. The van der Waals surface area contributed by atoms with E-state index in [1.807, 2.05) is 0 Å². The van der Waals surface area contributed by atoms with Crippen molar-refractivity contribution < 1.29 is 107 Å². The fraction of sp³-hybridized carbons (Fsp3) is 0.656. The zero-order valence-electron chi connectivity index (χ0n) is 28.7. The predicted molar refractivity (Wildman–Crippen MR) is 153 cm³/mol. The Morgan fingerprint density at radius 1 is 0.679 bits per heavy atom. The molecule has 0 amide bonds. The summed E-state index contributed by atoms with van der Waals surface area (Å²) in [6, 6.07) is 0.0320. The third kappa shape index (κ3) is 10.2. The third-order valence-corrected chi connectivity index (χ3v) is 9.77. The zero-order chi connectivity index (χ0) is 44.7. The number of alkyl halides is 21.